The van der Waals surface area contributed by atoms with Crippen LogP contribution in [-0.4, -0.2) is 5.78 Å². The summed E-state index contributed by atoms with van der Waals surface area (Å²) in [6.07, 6.45) is 0. The van der Waals surface area contributed by atoms with Gasteiger partial charge in [0.2, 0.25) is 0 Å². The van der Waals surface area contributed by atoms with E-state index in [0.29, 0.717) is 5.69 Å². The first kappa shape index (κ1) is 12.5. The molecular weight excluding hydrogens is 260 g/mol. The first-order chi connectivity index (χ1) is 8.50. The predicted octanol–water partition coefficient (Wildman–Crippen LogP) is 3.43. The number of carbonyl (C=O) groups is 1. The largest absolute Gasteiger partial charge is 0.399 e. The Morgan fingerprint density at radius 3 is 2.28 bits per heavy atom. The zero-order valence-electron chi connectivity index (χ0n) is 9.08. The van der Waals surface area contributed by atoms with Crippen LogP contribution in [0.4, 0.5) is 14.5 Å². The number of halogens is 3. The number of rotatable bonds is 2. The second kappa shape index (κ2) is 4.74. The predicted molar refractivity (Wildman–Crippen MR) is 65.7 cm³/mol. The number of benzene rings is 2. The van der Waals surface area contributed by atoms with Crippen molar-refractivity contribution in [3.05, 3.63) is 64.2 Å². The van der Waals surface area contributed by atoms with E-state index in [9.17, 15) is 13.6 Å². The number of hydrogen-bond donors (Lipinski definition) is 1. The number of ketones is 1. The second-order valence-corrected chi connectivity index (χ2v) is 4.07. The van der Waals surface area contributed by atoms with Crippen LogP contribution in [0.25, 0.3) is 0 Å². The lowest BCUT2D eigenvalue weighted by atomic mass is 10.0. The van der Waals surface area contributed by atoms with Gasteiger partial charge in [-0.2, -0.15) is 0 Å². The summed E-state index contributed by atoms with van der Waals surface area (Å²) in [5.41, 5.74) is 5.24. The molecule has 0 aliphatic heterocycles. The van der Waals surface area contributed by atoms with Gasteiger partial charge < -0.3 is 5.73 Å². The van der Waals surface area contributed by atoms with E-state index in [2.05, 4.69) is 0 Å². The molecule has 2 nitrogen and oxygen atoms in total. The van der Waals surface area contributed by atoms with Crippen molar-refractivity contribution in [2.75, 3.05) is 5.73 Å². The van der Waals surface area contributed by atoms with Gasteiger partial charge >= 0.3 is 0 Å². The lowest BCUT2D eigenvalue weighted by Crippen LogP contribution is -2.08. The van der Waals surface area contributed by atoms with Gasteiger partial charge in [-0.15, -0.1) is 0 Å². The van der Waals surface area contributed by atoms with E-state index in [1.807, 2.05) is 0 Å². The van der Waals surface area contributed by atoms with Gasteiger partial charge in [-0.1, -0.05) is 17.7 Å². The van der Waals surface area contributed by atoms with Gasteiger partial charge in [-0.05, 0) is 30.3 Å². The Balaban J connectivity index is 2.55. The third kappa shape index (κ3) is 2.19. The molecule has 0 radical (unpaired) electrons. The number of nitrogens with two attached hydrogens (primary N) is 1. The molecule has 0 spiro atoms. The van der Waals surface area contributed by atoms with E-state index in [0.717, 1.165) is 12.1 Å². The molecule has 0 saturated heterocycles. The van der Waals surface area contributed by atoms with Crippen molar-refractivity contribution in [3.8, 4) is 0 Å². The summed E-state index contributed by atoms with van der Waals surface area (Å²) in [6, 6.07) is 7.35. The zero-order chi connectivity index (χ0) is 13.3. The van der Waals surface area contributed by atoms with E-state index in [-0.39, 0.29) is 10.6 Å². The highest BCUT2D eigenvalue weighted by Crippen LogP contribution is 2.24. The molecule has 5 heteroatoms. The average molecular weight is 268 g/mol. The molecule has 18 heavy (non-hydrogen) atoms. The van der Waals surface area contributed by atoms with Gasteiger partial charge in [-0.3, -0.25) is 4.79 Å². The lowest BCUT2D eigenvalue weighted by Gasteiger charge is -2.06. The fraction of sp³-hybridized carbons (Fsp3) is 0. The molecule has 0 fully saturated rings. The molecule has 0 aliphatic carbocycles. The molecule has 2 N–H and O–H groups in total. The molecule has 92 valence electrons. The Kier molecular flexibility index (Phi) is 3.30. The number of nitrogen functional groups attached to an aromatic ring is 1. The van der Waals surface area contributed by atoms with E-state index in [4.69, 9.17) is 17.3 Å². The third-order valence-corrected chi connectivity index (χ3v) is 2.74. The first-order valence-corrected chi connectivity index (χ1v) is 5.42. The summed E-state index contributed by atoms with van der Waals surface area (Å²) in [6.45, 7) is 0. The molecule has 0 atom stereocenters. The van der Waals surface area contributed by atoms with E-state index >= 15 is 0 Å². The highest BCUT2D eigenvalue weighted by atomic mass is 35.5. The van der Waals surface area contributed by atoms with E-state index < -0.39 is 23.0 Å². The maximum Gasteiger partial charge on any atom is 0.200 e. The Morgan fingerprint density at radius 2 is 1.72 bits per heavy atom. The molecule has 2 aromatic rings. The smallest absolute Gasteiger partial charge is 0.200 e. The van der Waals surface area contributed by atoms with Crippen molar-refractivity contribution in [1.29, 1.82) is 0 Å². The van der Waals surface area contributed by atoms with E-state index in [1.54, 1.807) is 0 Å². The Bertz CT molecular complexity index is 608. The standard InChI is InChI=1S/C13H8ClF2NO/c14-9-6-7(17)4-5-8(9)13(18)12-10(15)2-1-3-11(12)16/h1-6H,17H2. The molecule has 0 aliphatic rings. The van der Waals surface area contributed by atoms with Crippen molar-refractivity contribution in [3.63, 3.8) is 0 Å². The minimum Gasteiger partial charge on any atom is -0.399 e. The fourth-order valence-corrected chi connectivity index (χ4v) is 1.84. The number of carbonyl (C=O) groups excluding carboxylic acids is 1. The van der Waals surface area contributed by atoms with Gasteiger partial charge in [-0.25, -0.2) is 8.78 Å². The summed E-state index contributed by atoms with van der Waals surface area (Å²) in [4.78, 5) is 12.0. The van der Waals surface area contributed by atoms with Gasteiger partial charge in [0.05, 0.1) is 10.6 Å². The molecule has 0 heterocycles. The van der Waals surface area contributed by atoms with Gasteiger partial charge in [0.1, 0.15) is 11.6 Å². The maximum absolute atomic E-state index is 13.5. The molecule has 0 aromatic heterocycles. The monoisotopic (exact) mass is 267 g/mol. The minimum atomic E-state index is -0.923. The van der Waals surface area contributed by atoms with Crippen molar-refractivity contribution in [1.82, 2.24) is 0 Å². The summed E-state index contributed by atoms with van der Waals surface area (Å²) in [7, 11) is 0. The molecule has 0 amide bonds. The van der Waals surface area contributed by atoms with Gasteiger partial charge in [0, 0.05) is 11.3 Å². The van der Waals surface area contributed by atoms with Crippen LogP contribution in [0.5, 0.6) is 0 Å². The van der Waals surface area contributed by atoms with Crippen LogP contribution in [0.2, 0.25) is 5.02 Å². The maximum atomic E-state index is 13.5. The molecule has 2 aromatic carbocycles. The fourth-order valence-electron chi connectivity index (χ4n) is 1.56. The van der Waals surface area contributed by atoms with Crippen LogP contribution in [0.15, 0.2) is 36.4 Å². The zero-order valence-corrected chi connectivity index (χ0v) is 9.84. The van der Waals surface area contributed by atoms with Crippen molar-refractivity contribution in [2.24, 2.45) is 0 Å². The summed E-state index contributed by atoms with van der Waals surface area (Å²) < 4.78 is 26.9. The quantitative estimate of drug-likeness (QED) is 0.669. The molecular formula is C13H8ClF2NO. The Labute approximate surface area is 107 Å². The van der Waals surface area contributed by atoms with Crippen LogP contribution >= 0.6 is 11.6 Å². The molecule has 0 unspecified atom stereocenters. The topological polar surface area (TPSA) is 43.1 Å². The van der Waals surface area contributed by atoms with Crippen LogP contribution in [0.1, 0.15) is 15.9 Å². The molecule has 0 bridgehead atoms. The summed E-state index contributed by atoms with van der Waals surface area (Å²) in [5.74, 6) is -2.66. The highest BCUT2D eigenvalue weighted by molar-refractivity contribution is 6.35. The average Bonchev–Trinajstić information content (AvgIpc) is 2.28. The summed E-state index contributed by atoms with van der Waals surface area (Å²) >= 11 is 5.83. The normalized spacial score (nSPS) is 10.4. The van der Waals surface area contributed by atoms with Gasteiger partial charge in [0.25, 0.3) is 0 Å². The van der Waals surface area contributed by atoms with Crippen LogP contribution < -0.4 is 5.73 Å². The lowest BCUT2D eigenvalue weighted by molar-refractivity contribution is 0.103. The van der Waals surface area contributed by atoms with Gasteiger partial charge in [0.15, 0.2) is 5.78 Å². The first-order valence-electron chi connectivity index (χ1n) is 5.04. The van der Waals surface area contributed by atoms with Crippen molar-refractivity contribution >= 4 is 23.1 Å². The highest BCUT2D eigenvalue weighted by Gasteiger charge is 2.20. The van der Waals surface area contributed by atoms with Crippen molar-refractivity contribution < 1.29 is 13.6 Å². The number of anilines is 1. The Morgan fingerprint density at radius 1 is 1.11 bits per heavy atom. The van der Waals surface area contributed by atoms with Crippen molar-refractivity contribution in [2.45, 2.75) is 0 Å². The van der Waals surface area contributed by atoms with E-state index in [1.165, 1.54) is 24.3 Å². The SMILES string of the molecule is Nc1ccc(C(=O)c2c(F)cccc2F)c(Cl)c1. The molecule has 2 rings (SSSR count). The number of hydrogen-bond acceptors (Lipinski definition) is 2. The second-order valence-electron chi connectivity index (χ2n) is 3.67. The third-order valence-electron chi connectivity index (χ3n) is 2.43. The van der Waals surface area contributed by atoms with Crippen LogP contribution in [-0.2, 0) is 0 Å². The minimum absolute atomic E-state index is 0.00914. The molecule has 0 saturated carbocycles. The van der Waals surface area contributed by atoms with Crippen LogP contribution in [0.3, 0.4) is 0 Å². The summed E-state index contributed by atoms with van der Waals surface area (Å²) in [5, 5.41) is 0.0580. The Hall–Kier alpha value is -1.94. The van der Waals surface area contributed by atoms with Crippen LogP contribution in [0, 0.1) is 11.6 Å².